The normalized spacial score (nSPS) is 14.1. The van der Waals surface area contributed by atoms with Gasteiger partial charge in [0, 0.05) is 33.9 Å². The van der Waals surface area contributed by atoms with Gasteiger partial charge in [0.25, 0.3) is 0 Å². The molecule has 0 radical (unpaired) electrons. The number of rotatable bonds is 14. The Hall–Kier alpha value is -0.670. The molecule has 0 aromatic carbocycles. The van der Waals surface area contributed by atoms with Crippen molar-refractivity contribution in [2.75, 3.05) is 53.6 Å². The minimum atomic E-state index is -0.407. The SMILES string of the molecule is CCCNC(C)(C#N)CCCN(CCCOC)CCOC. The highest BCUT2D eigenvalue weighted by Gasteiger charge is 2.22. The van der Waals surface area contributed by atoms with Crippen molar-refractivity contribution in [1.29, 1.82) is 5.26 Å². The largest absolute Gasteiger partial charge is 0.385 e. The third kappa shape index (κ3) is 10.7. The van der Waals surface area contributed by atoms with Gasteiger partial charge in [-0.2, -0.15) is 5.26 Å². The van der Waals surface area contributed by atoms with E-state index < -0.39 is 5.54 Å². The molecule has 0 heterocycles. The molecule has 0 saturated carbocycles. The molecule has 0 aliphatic carbocycles. The van der Waals surface area contributed by atoms with Gasteiger partial charge in [0.2, 0.25) is 0 Å². The van der Waals surface area contributed by atoms with E-state index in [4.69, 9.17) is 9.47 Å². The minimum absolute atomic E-state index is 0.407. The first-order valence-electron chi connectivity index (χ1n) is 7.98. The Labute approximate surface area is 130 Å². The first-order valence-corrected chi connectivity index (χ1v) is 7.98. The summed E-state index contributed by atoms with van der Waals surface area (Å²) in [4.78, 5) is 2.39. The lowest BCUT2D eigenvalue weighted by molar-refractivity contribution is 0.130. The van der Waals surface area contributed by atoms with E-state index in [9.17, 15) is 5.26 Å². The van der Waals surface area contributed by atoms with E-state index in [1.165, 1.54) is 0 Å². The summed E-state index contributed by atoms with van der Waals surface area (Å²) in [6.07, 6.45) is 3.97. The molecule has 0 aromatic rings. The van der Waals surface area contributed by atoms with E-state index in [2.05, 4.69) is 23.2 Å². The van der Waals surface area contributed by atoms with Gasteiger partial charge in [-0.05, 0) is 45.7 Å². The van der Waals surface area contributed by atoms with Crippen LogP contribution in [0.3, 0.4) is 0 Å². The van der Waals surface area contributed by atoms with Crippen molar-refractivity contribution in [3.8, 4) is 6.07 Å². The van der Waals surface area contributed by atoms with Crippen LogP contribution in [0.15, 0.2) is 0 Å². The molecule has 0 fully saturated rings. The van der Waals surface area contributed by atoms with Crippen molar-refractivity contribution in [2.24, 2.45) is 0 Å². The first kappa shape index (κ1) is 20.3. The molecule has 0 aliphatic rings. The number of nitrogens with one attached hydrogen (secondary N) is 1. The Bertz CT molecular complexity index is 281. The number of methoxy groups -OCH3 is 2. The second kappa shape index (κ2) is 13.0. The highest BCUT2D eigenvalue weighted by atomic mass is 16.5. The molecular formula is C16H33N3O2. The van der Waals surface area contributed by atoms with Crippen molar-refractivity contribution in [1.82, 2.24) is 10.2 Å². The van der Waals surface area contributed by atoms with Crippen molar-refractivity contribution in [3.05, 3.63) is 0 Å². The zero-order valence-electron chi connectivity index (χ0n) is 14.3. The lowest BCUT2D eigenvalue weighted by Crippen LogP contribution is -2.42. The fourth-order valence-corrected chi connectivity index (χ4v) is 2.23. The maximum Gasteiger partial charge on any atom is 0.103 e. The average Bonchev–Trinajstić information content (AvgIpc) is 2.50. The van der Waals surface area contributed by atoms with E-state index in [0.29, 0.717) is 0 Å². The summed E-state index contributed by atoms with van der Waals surface area (Å²) in [7, 11) is 3.46. The number of ether oxygens (including phenoxy) is 2. The number of hydrogen-bond acceptors (Lipinski definition) is 5. The quantitative estimate of drug-likeness (QED) is 0.497. The van der Waals surface area contributed by atoms with Gasteiger partial charge in [0.1, 0.15) is 5.54 Å². The second-order valence-corrected chi connectivity index (χ2v) is 5.66. The molecule has 1 atom stereocenters. The topological polar surface area (TPSA) is 57.5 Å². The number of nitriles is 1. The molecule has 0 aromatic heterocycles. The van der Waals surface area contributed by atoms with Crippen molar-refractivity contribution >= 4 is 0 Å². The summed E-state index contributed by atoms with van der Waals surface area (Å²) >= 11 is 0. The van der Waals surface area contributed by atoms with Crippen LogP contribution in [0.1, 0.15) is 39.5 Å². The maximum atomic E-state index is 9.33. The van der Waals surface area contributed by atoms with Crippen molar-refractivity contribution in [3.63, 3.8) is 0 Å². The molecule has 21 heavy (non-hydrogen) atoms. The molecule has 1 N–H and O–H groups in total. The van der Waals surface area contributed by atoms with Gasteiger partial charge in [0.05, 0.1) is 12.7 Å². The maximum absolute atomic E-state index is 9.33. The van der Waals surface area contributed by atoms with Crippen LogP contribution >= 0.6 is 0 Å². The lowest BCUT2D eigenvalue weighted by atomic mass is 9.97. The van der Waals surface area contributed by atoms with Gasteiger partial charge >= 0.3 is 0 Å². The zero-order chi connectivity index (χ0) is 16.0. The first-order chi connectivity index (χ1) is 10.1. The van der Waals surface area contributed by atoms with Gasteiger partial charge in [-0.25, -0.2) is 0 Å². The molecule has 0 aliphatic heterocycles. The fourth-order valence-electron chi connectivity index (χ4n) is 2.23. The highest BCUT2D eigenvalue weighted by Crippen LogP contribution is 2.12. The van der Waals surface area contributed by atoms with Gasteiger partial charge in [-0.3, -0.25) is 5.32 Å². The summed E-state index contributed by atoms with van der Waals surface area (Å²) in [5, 5.41) is 12.7. The molecule has 5 nitrogen and oxygen atoms in total. The molecule has 124 valence electrons. The van der Waals surface area contributed by atoms with Gasteiger partial charge in [-0.15, -0.1) is 0 Å². The van der Waals surface area contributed by atoms with E-state index in [1.807, 2.05) is 6.92 Å². The van der Waals surface area contributed by atoms with Crippen LogP contribution in [0.2, 0.25) is 0 Å². The fraction of sp³-hybridized carbons (Fsp3) is 0.938. The molecule has 0 bridgehead atoms. The van der Waals surface area contributed by atoms with E-state index in [0.717, 1.165) is 65.1 Å². The number of hydrogen-bond donors (Lipinski definition) is 1. The Balaban J connectivity index is 4.10. The highest BCUT2D eigenvalue weighted by molar-refractivity contribution is 5.03. The van der Waals surface area contributed by atoms with E-state index >= 15 is 0 Å². The van der Waals surface area contributed by atoms with Crippen molar-refractivity contribution < 1.29 is 9.47 Å². The monoisotopic (exact) mass is 299 g/mol. The van der Waals surface area contributed by atoms with Crippen LogP contribution in [-0.2, 0) is 9.47 Å². The molecule has 5 heteroatoms. The molecule has 0 saturated heterocycles. The van der Waals surface area contributed by atoms with Crippen molar-refractivity contribution in [2.45, 2.75) is 45.1 Å². The standard InChI is InChI=1S/C16H33N3O2/c1-5-9-18-16(2,15-17)8-6-10-19(12-14-21-4)11-7-13-20-3/h18H,5-14H2,1-4H3. The zero-order valence-corrected chi connectivity index (χ0v) is 14.3. The van der Waals surface area contributed by atoms with Crippen LogP contribution in [0.5, 0.6) is 0 Å². The Morgan fingerprint density at radius 2 is 1.76 bits per heavy atom. The lowest BCUT2D eigenvalue weighted by Gasteiger charge is -2.26. The molecular weight excluding hydrogens is 266 g/mol. The van der Waals surface area contributed by atoms with Crippen LogP contribution in [-0.4, -0.2) is 64.1 Å². The van der Waals surface area contributed by atoms with Crippen LogP contribution in [0.4, 0.5) is 0 Å². The smallest absolute Gasteiger partial charge is 0.103 e. The summed E-state index contributed by atoms with van der Waals surface area (Å²) < 4.78 is 10.3. The van der Waals surface area contributed by atoms with Gasteiger partial charge in [-0.1, -0.05) is 6.92 Å². The van der Waals surface area contributed by atoms with Crippen LogP contribution in [0, 0.1) is 11.3 Å². The molecule has 0 amide bonds. The summed E-state index contributed by atoms with van der Waals surface area (Å²) in [5.41, 5.74) is -0.407. The van der Waals surface area contributed by atoms with E-state index in [-0.39, 0.29) is 0 Å². The van der Waals surface area contributed by atoms with E-state index in [1.54, 1.807) is 14.2 Å². The average molecular weight is 299 g/mol. The third-order valence-corrected chi connectivity index (χ3v) is 3.60. The second-order valence-electron chi connectivity index (χ2n) is 5.66. The molecule has 0 spiro atoms. The minimum Gasteiger partial charge on any atom is -0.385 e. The summed E-state index contributed by atoms with van der Waals surface area (Å²) in [6, 6.07) is 2.41. The Morgan fingerprint density at radius 1 is 1.10 bits per heavy atom. The predicted molar refractivity (Wildman–Crippen MR) is 86.4 cm³/mol. The summed E-state index contributed by atoms with van der Waals surface area (Å²) in [6.45, 7) is 9.49. The summed E-state index contributed by atoms with van der Waals surface area (Å²) in [5.74, 6) is 0. The van der Waals surface area contributed by atoms with Gasteiger partial charge in [0.15, 0.2) is 0 Å². The molecule has 0 rings (SSSR count). The van der Waals surface area contributed by atoms with Crippen LogP contribution in [0.25, 0.3) is 0 Å². The molecule has 1 unspecified atom stereocenters. The third-order valence-electron chi connectivity index (χ3n) is 3.60. The van der Waals surface area contributed by atoms with Gasteiger partial charge < -0.3 is 14.4 Å². The predicted octanol–water partition coefficient (Wildman–Crippen LogP) is 2.03. The Morgan fingerprint density at radius 3 is 2.33 bits per heavy atom. The number of nitrogens with zero attached hydrogens (tertiary/aromatic N) is 2. The van der Waals surface area contributed by atoms with Crippen LogP contribution < -0.4 is 5.32 Å². The Kier molecular flexibility index (Phi) is 12.6.